The first-order chi connectivity index (χ1) is 9.54. The molecule has 0 spiro atoms. The van der Waals surface area contributed by atoms with Crippen LogP contribution >= 0.6 is 0 Å². The number of H-pyrrole nitrogens is 1. The van der Waals surface area contributed by atoms with Crippen molar-refractivity contribution in [2.75, 3.05) is 6.61 Å². The van der Waals surface area contributed by atoms with Crippen LogP contribution in [-0.2, 0) is 4.74 Å². The van der Waals surface area contributed by atoms with Crippen LogP contribution in [0.2, 0.25) is 0 Å². The zero-order chi connectivity index (χ0) is 14.7. The lowest BCUT2D eigenvalue weighted by Crippen LogP contribution is -2.21. The molecule has 0 fully saturated rings. The minimum absolute atomic E-state index is 0.103. The number of carboxylic acids is 1. The maximum absolute atomic E-state index is 12.0. The highest BCUT2D eigenvalue weighted by Crippen LogP contribution is 2.08. The Morgan fingerprint density at radius 2 is 1.95 bits per heavy atom. The number of aromatic nitrogens is 2. The van der Waals surface area contributed by atoms with Crippen LogP contribution in [0.15, 0.2) is 35.3 Å². The first-order valence-corrected chi connectivity index (χ1v) is 5.86. The van der Waals surface area contributed by atoms with Gasteiger partial charge in [-0.15, -0.1) is 0 Å². The van der Waals surface area contributed by atoms with E-state index in [-0.39, 0.29) is 17.7 Å². The highest BCUT2D eigenvalue weighted by atomic mass is 16.5. The Morgan fingerprint density at radius 3 is 2.50 bits per heavy atom. The third-order valence-corrected chi connectivity index (χ3v) is 2.64. The zero-order valence-electron chi connectivity index (χ0n) is 10.6. The number of carbonyl (C=O) groups excluding carboxylic acids is 1. The fourth-order valence-electron chi connectivity index (χ4n) is 1.67. The Morgan fingerprint density at radius 1 is 1.30 bits per heavy atom. The molecule has 1 aromatic carbocycles. The molecule has 0 radical (unpaired) electrons. The lowest BCUT2D eigenvalue weighted by molar-refractivity contribution is 0.0524. The number of hydrogen-bond acceptors (Lipinski definition) is 4. The number of esters is 1. The van der Waals surface area contributed by atoms with Gasteiger partial charge in [-0.25, -0.2) is 14.3 Å². The predicted octanol–water partition coefficient (Wildman–Crippen LogP) is 1.04. The van der Waals surface area contributed by atoms with E-state index in [1.54, 1.807) is 6.92 Å². The molecular formula is C13H12N2O5. The van der Waals surface area contributed by atoms with Gasteiger partial charge in [0.2, 0.25) is 0 Å². The van der Waals surface area contributed by atoms with Gasteiger partial charge in [0.25, 0.3) is 5.56 Å². The third kappa shape index (κ3) is 2.46. The van der Waals surface area contributed by atoms with Gasteiger partial charge in [-0.2, -0.15) is 0 Å². The van der Waals surface area contributed by atoms with Gasteiger partial charge < -0.3 is 9.84 Å². The Bertz CT molecular complexity index is 696. The normalized spacial score (nSPS) is 10.2. The first kappa shape index (κ1) is 13.6. The number of rotatable bonds is 4. The molecule has 7 heteroatoms. The van der Waals surface area contributed by atoms with Gasteiger partial charge in [-0.1, -0.05) is 0 Å². The maximum Gasteiger partial charge on any atom is 0.345 e. The van der Waals surface area contributed by atoms with Crippen LogP contribution in [0.3, 0.4) is 0 Å². The van der Waals surface area contributed by atoms with Crippen LogP contribution < -0.4 is 5.56 Å². The summed E-state index contributed by atoms with van der Waals surface area (Å²) >= 11 is 0. The van der Waals surface area contributed by atoms with Gasteiger partial charge in [-0.05, 0) is 31.2 Å². The van der Waals surface area contributed by atoms with E-state index in [4.69, 9.17) is 9.84 Å². The van der Waals surface area contributed by atoms with Gasteiger partial charge >= 0.3 is 11.9 Å². The predicted molar refractivity (Wildman–Crippen MR) is 69.3 cm³/mol. The highest BCUT2D eigenvalue weighted by molar-refractivity contribution is 5.89. The van der Waals surface area contributed by atoms with Gasteiger partial charge in [0.15, 0.2) is 0 Å². The summed E-state index contributed by atoms with van der Waals surface area (Å²) < 4.78 is 5.90. The second kappa shape index (κ2) is 5.43. The highest BCUT2D eigenvalue weighted by Gasteiger charge is 2.16. The quantitative estimate of drug-likeness (QED) is 0.812. The van der Waals surface area contributed by atoms with E-state index in [0.717, 1.165) is 4.68 Å². The van der Waals surface area contributed by atoms with Gasteiger partial charge in [0, 0.05) is 6.20 Å². The zero-order valence-corrected chi connectivity index (χ0v) is 10.6. The summed E-state index contributed by atoms with van der Waals surface area (Å²) in [5, 5.41) is 11.4. The summed E-state index contributed by atoms with van der Waals surface area (Å²) in [6.07, 6.45) is 1.26. The standard InChI is InChI=1S/C13H12N2O5/c1-2-20-13(19)10-7-14-15(11(10)16)9-5-3-8(4-6-9)12(17)18/h3-7,14H,2H2,1H3,(H,17,18). The molecule has 0 atom stereocenters. The van der Waals surface area contributed by atoms with Crippen molar-refractivity contribution >= 4 is 11.9 Å². The van der Waals surface area contributed by atoms with E-state index >= 15 is 0 Å². The number of nitrogens with zero attached hydrogens (tertiary/aromatic N) is 1. The fraction of sp³-hybridized carbons (Fsp3) is 0.154. The molecule has 1 heterocycles. The van der Waals surface area contributed by atoms with Crippen LogP contribution in [0.25, 0.3) is 5.69 Å². The van der Waals surface area contributed by atoms with E-state index in [2.05, 4.69) is 5.10 Å². The number of aromatic amines is 1. The lowest BCUT2D eigenvalue weighted by Gasteiger charge is -2.01. The van der Waals surface area contributed by atoms with Crippen molar-refractivity contribution in [3.63, 3.8) is 0 Å². The molecule has 0 aliphatic rings. The van der Waals surface area contributed by atoms with Crippen molar-refractivity contribution in [2.24, 2.45) is 0 Å². The molecule has 0 saturated heterocycles. The van der Waals surface area contributed by atoms with Crippen LogP contribution in [0.4, 0.5) is 0 Å². The Labute approximate surface area is 113 Å². The summed E-state index contributed by atoms with van der Waals surface area (Å²) in [4.78, 5) is 34.3. The molecule has 0 unspecified atom stereocenters. The van der Waals surface area contributed by atoms with E-state index in [1.165, 1.54) is 30.5 Å². The SMILES string of the molecule is CCOC(=O)c1c[nH]n(-c2ccc(C(=O)O)cc2)c1=O. The van der Waals surface area contributed by atoms with E-state index in [0.29, 0.717) is 5.69 Å². The summed E-state index contributed by atoms with van der Waals surface area (Å²) in [7, 11) is 0. The molecular weight excluding hydrogens is 264 g/mol. The van der Waals surface area contributed by atoms with Crippen LogP contribution in [0, 0.1) is 0 Å². The number of benzene rings is 1. The Kier molecular flexibility index (Phi) is 3.69. The first-order valence-electron chi connectivity index (χ1n) is 5.86. The second-order valence-electron chi connectivity index (χ2n) is 3.90. The van der Waals surface area contributed by atoms with E-state index < -0.39 is 17.5 Å². The van der Waals surface area contributed by atoms with Gasteiger partial charge in [-0.3, -0.25) is 9.89 Å². The van der Waals surface area contributed by atoms with Crippen molar-refractivity contribution in [1.82, 2.24) is 9.78 Å². The molecule has 0 amide bonds. The average molecular weight is 276 g/mol. The van der Waals surface area contributed by atoms with Crippen molar-refractivity contribution < 1.29 is 19.4 Å². The molecule has 104 valence electrons. The van der Waals surface area contributed by atoms with Crippen molar-refractivity contribution in [3.05, 3.63) is 51.9 Å². The third-order valence-electron chi connectivity index (χ3n) is 2.64. The van der Waals surface area contributed by atoms with Crippen molar-refractivity contribution in [1.29, 1.82) is 0 Å². The molecule has 20 heavy (non-hydrogen) atoms. The summed E-state index contributed by atoms with van der Waals surface area (Å²) in [6.45, 7) is 1.82. The molecule has 2 rings (SSSR count). The molecule has 2 aromatic rings. The summed E-state index contributed by atoms with van der Waals surface area (Å²) in [6, 6.07) is 5.68. The van der Waals surface area contributed by atoms with Gasteiger partial charge in [0.1, 0.15) is 5.56 Å². The van der Waals surface area contributed by atoms with E-state index in [1.807, 2.05) is 0 Å². The van der Waals surface area contributed by atoms with Crippen LogP contribution in [-0.4, -0.2) is 33.4 Å². The largest absolute Gasteiger partial charge is 0.478 e. The Hall–Kier alpha value is -2.83. The monoisotopic (exact) mass is 276 g/mol. The molecule has 0 saturated carbocycles. The molecule has 0 bridgehead atoms. The minimum atomic E-state index is -1.05. The smallest absolute Gasteiger partial charge is 0.345 e. The van der Waals surface area contributed by atoms with Crippen molar-refractivity contribution in [3.8, 4) is 5.69 Å². The minimum Gasteiger partial charge on any atom is -0.478 e. The lowest BCUT2D eigenvalue weighted by atomic mass is 10.2. The molecule has 0 aliphatic heterocycles. The number of hydrogen-bond donors (Lipinski definition) is 2. The van der Waals surface area contributed by atoms with Crippen molar-refractivity contribution in [2.45, 2.75) is 6.92 Å². The molecule has 2 N–H and O–H groups in total. The van der Waals surface area contributed by atoms with Crippen LogP contribution in [0.1, 0.15) is 27.6 Å². The van der Waals surface area contributed by atoms with Gasteiger partial charge in [0.05, 0.1) is 17.9 Å². The summed E-state index contributed by atoms with van der Waals surface area (Å²) in [5.41, 5.74) is -0.116. The number of carboxylic acid groups (broad SMARTS) is 1. The molecule has 7 nitrogen and oxygen atoms in total. The average Bonchev–Trinajstić information content (AvgIpc) is 2.81. The number of nitrogens with one attached hydrogen (secondary N) is 1. The topological polar surface area (TPSA) is 101 Å². The number of aromatic carboxylic acids is 1. The van der Waals surface area contributed by atoms with Crippen LogP contribution in [0.5, 0.6) is 0 Å². The second-order valence-corrected chi connectivity index (χ2v) is 3.90. The summed E-state index contributed by atoms with van der Waals surface area (Å²) in [5.74, 6) is -1.75. The number of carbonyl (C=O) groups is 2. The fourth-order valence-corrected chi connectivity index (χ4v) is 1.67. The molecule has 0 aliphatic carbocycles. The Balaban J connectivity index is 2.37. The van der Waals surface area contributed by atoms with E-state index in [9.17, 15) is 14.4 Å². The number of ether oxygens (including phenoxy) is 1. The molecule has 1 aromatic heterocycles. The maximum atomic E-state index is 12.0.